The van der Waals surface area contributed by atoms with E-state index in [1.54, 1.807) is 11.5 Å². The molecule has 6 saturated heterocycles. The Labute approximate surface area is 856 Å². The Balaban J connectivity index is 0.690. The number of imidazole rings is 4. The molecule has 16 rings (SSSR count). The fourth-order valence-electron chi connectivity index (χ4n) is 17.1. The third-order valence-corrected chi connectivity index (χ3v) is 31.7. The van der Waals surface area contributed by atoms with Gasteiger partial charge in [0.15, 0.2) is 77.3 Å². The average molecular weight is 2260 g/mol. The first-order chi connectivity index (χ1) is 70.2. The summed E-state index contributed by atoms with van der Waals surface area (Å²) in [4.78, 5) is 173. The number of nitrogens with zero attached hydrogens (tertiary/aromatic N) is 17. The second-order valence-electron chi connectivity index (χ2n) is 33.4. The van der Waals surface area contributed by atoms with Gasteiger partial charge in [-0.1, -0.05) is 54.2 Å². The zero-order valence-corrected chi connectivity index (χ0v) is 87.5. The third kappa shape index (κ3) is 25.8. The lowest BCUT2D eigenvalue weighted by Gasteiger charge is -2.38. The average Bonchev–Trinajstić information content (AvgIpc) is 1.62. The van der Waals surface area contributed by atoms with Crippen molar-refractivity contribution in [2.24, 2.45) is 0 Å². The molecule has 11 unspecified atom stereocenters. The molecule has 6 aliphatic rings. The predicted molar refractivity (Wildman–Crippen MR) is 514 cm³/mol. The molecule has 147 heavy (non-hydrogen) atoms. The standard InChI is InChI=1S/C76H108N25O36P5S5/c1-9-36-37(20-43(127-36)98-30-88-45-61(78)82-27-85-64(45)98)133-138(107,143)123-24-40-51(57(119-17-12-114-6)71(130-40)97-21-34(2)68(103)96-76(97)106)135-141(110,146)125-25-41-52(58(120-18-13-115-7)72(131-41)100-32-90-47-63(80)84-29-87-66(47)100)136-142(111,147)126-26-42-53(59(121-19-14-116-8)73(132-42)101-33-91-48-67(101)94-74(81)95-69(48)104)137-140(109,145)124-23-39-50(56(118-16-11-113-5)54(128-39)44-35(3)60(77)93-75(105)92-44)134-139(108,144)122-22-38-49(102)55(117-15-10-112-4)70(129-38)99-31-89-46-62(79)83-28-86-65(46)99/h21,27-33,36-43,49-59,70-73,102H,9-20,22-26H2,1-8H3,(H,107,143)(H,108,144)(H,109,145)(H,110,146)(H,111,147)(H2,78,82,85)(H2,79,83,86)(H2,80,84,87)(H,96,103,106)(H3,77,92,93,105)(H3,81,94,95,104)/p-5/t36-,37?,38-,39-,40-,41-,42-,43-,49?,50?,51?,52?,53?,54+,55+,56+,57+,58+,59+,70-,71-,72-,73-,138?,139?,140?,141?,142?/m1/s1. The molecule has 0 bridgehead atoms. The predicted octanol–water partition coefficient (Wildman–Crippen LogP) is -3.25. The van der Waals surface area contributed by atoms with Crippen molar-refractivity contribution in [3.05, 3.63) is 109 Å². The molecular formula is C76H103N25O36P5S5-5. The summed E-state index contributed by atoms with van der Waals surface area (Å²) in [6.07, 6.45) is -24.6. The number of hydrogen-bond acceptors (Lipinski definition) is 58. The van der Waals surface area contributed by atoms with Gasteiger partial charge in [-0.15, -0.1) is 0 Å². The second kappa shape index (κ2) is 48.4. The van der Waals surface area contributed by atoms with Crippen LogP contribution in [0.25, 0.3) is 44.7 Å². The molecule has 0 saturated carbocycles. The number of nitrogen functional groups attached to an aromatic ring is 5. The van der Waals surface area contributed by atoms with Gasteiger partial charge in [-0.3, -0.25) is 47.0 Å². The smallest absolute Gasteiger partial charge is 0.347 e. The lowest BCUT2D eigenvalue weighted by atomic mass is 10.0. The Morgan fingerprint density at radius 3 is 1.29 bits per heavy atom. The molecule has 71 heteroatoms. The summed E-state index contributed by atoms with van der Waals surface area (Å²) in [5.41, 5.74) is 28.1. The van der Waals surface area contributed by atoms with Gasteiger partial charge in [0.1, 0.15) is 172 Å². The van der Waals surface area contributed by atoms with Gasteiger partial charge in [0.2, 0.25) is 5.95 Å². The Bertz CT molecular complexity index is 6790. The van der Waals surface area contributed by atoms with Crippen molar-refractivity contribution in [3.8, 4) is 0 Å². The molecule has 0 radical (unpaired) electrons. The molecule has 0 spiro atoms. The molecule has 28 atom stereocenters. The van der Waals surface area contributed by atoms with Gasteiger partial charge in [0.05, 0.1) is 142 Å². The van der Waals surface area contributed by atoms with Gasteiger partial charge in [-0.25, -0.2) is 59.4 Å². The number of aliphatic hydroxyl groups is 1. The van der Waals surface area contributed by atoms with Crippen LogP contribution >= 0.6 is 33.7 Å². The molecule has 6 aliphatic heterocycles. The van der Waals surface area contributed by atoms with E-state index in [0.717, 1.165) is 23.4 Å². The second-order valence-corrected chi connectivity index (χ2v) is 46.9. The van der Waals surface area contributed by atoms with E-state index < -0.39 is 236 Å². The number of aryl methyl sites for hydroxylation is 1. The van der Waals surface area contributed by atoms with E-state index in [4.69, 9.17) is 209 Å². The van der Waals surface area contributed by atoms with E-state index >= 15 is 19.2 Å². The highest BCUT2D eigenvalue weighted by molar-refractivity contribution is 8.32. The Hall–Kier alpha value is -7.50. The highest BCUT2D eigenvalue weighted by Crippen LogP contribution is 2.57. The maximum absolute atomic E-state index is 15.8. The largest absolute Gasteiger partial charge is 0.780 e. The van der Waals surface area contributed by atoms with Crippen LogP contribution in [0.3, 0.4) is 0 Å². The SMILES string of the molecule is CC[C@H]1O[C@@H](n2cnc3c(N)ncnc32)CC1OP([O-])(=S)OC[C@H]1O[C@@H](n2cc(C)c(=O)[nH]c2=O)[C@@H](OCCOC)C1OP(=O)([S-])OC[C@H]1O[C@@H](n2cnc3c(N)ncnc32)[C@@H](OCCOC)C1OP([O-])(=S)OC[C@H]1O[C@@H](n2cnc3c(=O)[nH]c(N)nc32)[C@@H](OCCOC)C1OP([O-])(=S)OC[C@H]1O[C@@H](c2[nH]c(=O)nc(N)c2C)[C@@H](OCCOC)C1OP([O-])(=S)OC[C@H]1O[C@@H](n2cnc3c(N)ncnc32)[C@@H](OCCOC)C1O. The van der Waals surface area contributed by atoms with Crippen LogP contribution in [0.1, 0.15) is 73.8 Å². The monoisotopic (exact) mass is 2260 g/mol. The molecule has 61 nitrogen and oxygen atoms in total. The van der Waals surface area contributed by atoms with Crippen LogP contribution in [0.15, 0.2) is 69.7 Å². The lowest BCUT2D eigenvalue weighted by molar-refractivity contribution is -0.223. The summed E-state index contributed by atoms with van der Waals surface area (Å²) in [5.74, 6) is -0.613. The zero-order valence-electron chi connectivity index (χ0n) is 78.9. The van der Waals surface area contributed by atoms with Crippen molar-refractivity contribution in [1.82, 2.24) is 97.6 Å². The van der Waals surface area contributed by atoms with Gasteiger partial charge in [-0.05, 0) is 20.3 Å². The third-order valence-electron chi connectivity index (χ3n) is 24.0. The quantitative estimate of drug-likeness (QED) is 0.0103. The summed E-state index contributed by atoms with van der Waals surface area (Å²) in [6.45, 7) is -27.2. The van der Waals surface area contributed by atoms with Crippen molar-refractivity contribution >= 4 is 167 Å². The highest BCUT2D eigenvalue weighted by atomic mass is 32.7. The highest BCUT2D eigenvalue weighted by Gasteiger charge is 2.57. The number of aromatic amines is 3. The first kappa shape index (κ1) is 112. The van der Waals surface area contributed by atoms with Crippen molar-refractivity contribution in [3.63, 3.8) is 0 Å². The number of rotatable bonds is 52. The molecule has 10 aromatic rings. The van der Waals surface area contributed by atoms with Gasteiger partial charge in [0, 0.05) is 59.3 Å². The number of fused-ring (bicyclic) bond motifs is 4. The molecule has 0 aliphatic carbocycles. The van der Waals surface area contributed by atoms with Crippen LogP contribution in [-0.2, 0) is 185 Å². The zero-order chi connectivity index (χ0) is 105. The van der Waals surface area contributed by atoms with E-state index in [2.05, 4.69) is 74.8 Å². The Morgan fingerprint density at radius 2 is 0.816 bits per heavy atom. The maximum Gasteiger partial charge on any atom is 0.347 e. The van der Waals surface area contributed by atoms with Crippen molar-refractivity contribution in [2.75, 3.05) is 163 Å². The molecule has 16 heterocycles. The fraction of sp³-hybridized carbons (Fsp3) is 0.632. The molecule has 0 amide bonds. The number of methoxy groups -OCH3 is 5. The van der Waals surface area contributed by atoms with Crippen molar-refractivity contribution < 1.29 is 150 Å². The number of nitrogens with one attached hydrogen (secondary N) is 3. The van der Waals surface area contributed by atoms with E-state index in [0.29, 0.717) is 17.6 Å². The lowest BCUT2D eigenvalue weighted by Crippen LogP contribution is -2.42. The van der Waals surface area contributed by atoms with Gasteiger partial charge in [0.25, 0.3) is 11.1 Å². The van der Waals surface area contributed by atoms with Crippen molar-refractivity contribution in [2.45, 2.75) is 175 Å². The fourth-order valence-corrected chi connectivity index (χ4v) is 24.3. The Morgan fingerprint density at radius 1 is 0.429 bits per heavy atom. The number of anilines is 5. The molecule has 808 valence electrons. The minimum absolute atomic E-state index is 0.00892. The maximum atomic E-state index is 15.8. The van der Waals surface area contributed by atoms with E-state index in [1.165, 1.54) is 94.7 Å². The van der Waals surface area contributed by atoms with E-state index in [-0.39, 0.29) is 146 Å². The number of hydrogen-bond donors (Lipinski definition) is 9. The van der Waals surface area contributed by atoms with Crippen molar-refractivity contribution in [1.29, 1.82) is 0 Å². The summed E-state index contributed by atoms with van der Waals surface area (Å²) in [5, 5.41) is 11.9. The van der Waals surface area contributed by atoms with E-state index in [9.17, 15) is 29.2 Å². The molecule has 10 aromatic heterocycles. The first-order valence-corrected chi connectivity index (χ1v) is 57.6. The number of aliphatic hydroxyl groups excluding tert-OH is 1. The van der Waals surface area contributed by atoms with Crippen LogP contribution in [0.2, 0.25) is 0 Å². The van der Waals surface area contributed by atoms with Gasteiger partial charge >= 0.3 is 11.4 Å². The number of ether oxygens (including phenoxy) is 16. The molecule has 6 fully saturated rings. The minimum atomic E-state index is -5.32. The van der Waals surface area contributed by atoms with Gasteiger partial charge in [-0.2, -0.15) is 9.97 Å². The van der Waals surface area contributed by atoms with Crippen LogP contribution in [0, 0.1) is 13.8 Å². The van der Waals surface area contributed by atoms with Crippen LogP contribution in [0.5, 0.6) is 0 Å². The molecular weight excluding hydrogens is 2150 g/mol. The van der Waals surface area contributed by atoms with Crippen LogP contribution < -0.4 is 70.7 Å². The summed E-state index contributed by atoms with van der Waals surface area (Å²) < 4.78 is 182. The summed E-state index contributed by atoms with van der Waals surface area (Å²) in [7, 11) is 6.86. The van der Waals surface area contributed by atoms with Crippen LogP contribution in [-0.4, -0.2) is 341 Å². The first-order valence-electron chi connectivity index (χ1n) is 44.8. The number of nitrogens with two attached hydrogens (primary N) is 5. The number of H-pyrrole nitrogens is 3. The molecule has 14 N–H and O–H groups in total. The summed E-state index contributed by atoms with van der Waals surface area (Å²) in [6, 6.07) is 0. The number of aromatic nitrogens is 20. The topological polar surface area (TPSA) is 795 Å². The minimum Gasteiger partial charge on any atom is -0.780 e. The van der Waals surface area contributed by atoms with Crippen LogP contribution in [0.4, 0.5) is 29.2 Å². The normalized spacial score (nSPS) is 29.0. The Kier molecular flexibility index (Phi) is 36.9. The van der Waals surface area contributed by atoms with E-state index in [1.807, 2.05) is 0 Å². The van der Waals surface area contributed by atoms with Gasteiger partial charge < -0.3 is 192 Å². The molecule has 0 aromatic carbocycles. The summed E-state index contributed by atoms with van der Waals surface area (Å²) >= 11 is 28.6.